The number of nitro groups is 1. The van der Waals surface area contributed by atoms with E-state index in [1.807, 2.05) is 6.07 Å². The number of nitro benzene ring substituents is 1. The number of nitrogens with one attached hydrogen (secondary N) is 1. The van der Waals surface area contributed by atoms with Gasteiger partial charge in [0.05, 0.1) is 33.9 Å². The third-order valence-electron chi connectivity index (χ3n) is 6.24. The normalized spacial score (nSPS) is 14.9. The number of anilines is 1. The number of phenolic OH excluding ortho intramolecular Hbond substituents is 1. The number of thiazole rings is 1. The number of aromatic hydroxyl groups is 1. The molecule has 39 heavy (non-hydrogen) atoms. The molecule has 3 aromatic carbocycles. The van der Waals surface area contributed by atoms with Crippen molar-refractivity contribution >= 4 is 34.7 Å². The van der Waals surface area contributed by atoms with Gasteiger partial charge < -0.3 is 15.2 Å². The third kappa shape index (κ3) is 4.94. The summed E-state index contributed by atoms with van der Waals surface area (Å²) in [4.78, 5) is 42.9. The van der Waals surface area contributed by atoms with Gasteiger partial charge in [-0.05, 0) is 48.9 Å². The average molecular weight is 543 g/mol. The van der Waals surface area contributed by atoms with Crippen LogP contribution in [-0.2, 0) is 4.79 Å². The summed E-state index contributed by atoms with van der Waals surface area (Å²) in [6.45, 7) is 1.71. The summed E-state index contributed by atoms with van der Waals surface area (Å²) in [6, 6.07) is 18.8. The monoisotopic (exact) mass is 542 g/mol. The smallest absolute Gasteiger partial charge is 0.271 e. The predicted molar refractivity (Wildman–Crippen MR) is 147 cm³/mol. The molecule has 4 aromatic rings. The van der Waals surface area contributed by atoms with Gasteiger partial charge in [-0.1, -0.05) is 41.7 Å². The highest BCUT2D eigenvalue weighted by molar-refractivity contribution is 7.07. The Balaban J connectivity index is 1.68. The zero-order valence-electron chi connectivity index (χ0n) is 20.8. The van der Waals surface area contributed by atoms with Crippen molar-refractivity contribution in [2.75, 3.05) is 12.4 Å². The number of amides is 1. The Morgan fingerprint density at radius 2 is 1.87 bits per heavy atom. The minimum atomic E-state index is -0.809. The zero-order chi connectivity index (χ0) is 27.7. The van der Waals surface area contributed by atoms with Crippen LogP contribution in [0.15, 0.2) is 93.9 Å². The number of aromatic nitrogens is 1. The van der Waals surface area contributed by atoms with Crippen LogP contribution in [0.4, 0.5) is 11.4 Å². The molecule has 10 nitrogen and oxygen atoms in total. The highest BCUT2D eigenvalue weighted by atomic mass is 32.1. The molecule has 1 aliphatic heterocycles. The molecule has 0 saturated carbocycles. The van der Waals surface area contributed by atoms with E-state index in [9.17, 15) is 24.8 Å². The lowest BCUT2D eigenvalue weighted by atomic mass is 9.95. The summed E-state index contributed by atoms with van der Waals surface area (Å²) in [6.07, 6.45) is 1.39. The molecule has 1 atom stereocenters. The van der Waals surface area contributed by atoms with Gasteiger partial charge in [0.1, 0.15) is 11.5 Å². The Labute approximate surface area is 225 Å². The van der Waals surface area contributed by atoms with Crippen molar-refractivity contribution in [2.24, 2.45) is 4.99 Å². The lowest BCUT2D eigenvalue weighted by molar-refractivity contribution is -0.384. The number of fused-ring (bicyclic) bond motifs is 1. The maximum atomic E-state index is 13.8. The molecule has 5 rings (SSSR count). The van der Waals surface area contributed by atoms with Gasteiger partial charge in [0, 0.05) is 23.4 Å². The van der Waals surface area contributed by atoms with Gasteiger partial charge in [0.2, 0.25) is 0 Å². The van der Waals surface area contributed by atoms with E-state index in [1.165, 1.54) is 28.8 Å². The molecular weight excluding hydrogens is 520 g/mol. The Kier molecular flexibility index (Phi) is 6.82. The number of methoxy groups -OCH3 is 1. The van der Waals surface area contributed by atoms with Crippen LogP contribution in [0.2, 0.25) is 0 Å². The number of allylic oxidation sites excluding steroid dienone is 1. The standard InChI is InChI=1S/C28H22N4O6S/c1-16-24(26(34)30-19-6-4-3-5-7-19)25(17-8-11-21(38-2)12-9-17)31-27(35)23(39-28(31)29-16)15-18-14-20(32(36)37)10-13-22(18)33/h3-15,25,33H,1-2H3,(H,30,34)/b23-15+/t25-/m0/s1. The molecule has 0 unspecified atom stereocenters. The van der Waals surface area contributed by atoms with E-state index < -0.39 is 22.4 Å². The molecule has 2 heterocycles. The van der Waals surface area contributed by atoms with Crippen molar-refractivity contribution in [1.29, 1.82) is 0 Å². The first-order valence-corrected chi connectivity index (χ1v) is 12.6. The Hall–Kier alpha value is -5.03. The predicted octanol–water partition coefficient (Wildman–Crippen LogP) is 3.50. The van der Waals surface area contributed by atoms with Crippen molar-refractivity contribution in [1.82, 2.24) is 4.57 Å². The van der Waals surface area contributed by atoms with Crippen LogP contribution in [0.1, 0.15) is 24.1 Å². The lowest BCUT2D eigenvalue weighted by Crippen LogP contribution is -2.40. The van der Waals surface area contributed by atoms with E-state index >= 15 is 0 Å². The second-order valence-electron chi connectivity index (χ2n) is 8.68. The van der Waals surface area contributed by atoms with Crippen LogP contribution in [0.25, 0.3) is 6.08 Å². The highest BCUT2D eigenvalue weighted by Gasteiger charge is 2.32. The van der Waals surface area contributed by atoms with Gasteiger partial charge in [-0.15, -0.1) is 0 Å². The molecule has 2 N–H and O–H groups in total. The van der Waals surface area contributed by atoms with Crippen LogP contribution in [0.5, 0.6) is 11.5 Å². The molecule has 1 aliphatic rings. The van der Waals surface area contributed by atoms with Gasteiger partial charge in [-0.25, -0.2) is 4.99 Å². The SMILES string of the molecule is COc1ccc([C@H]2C(C(=O)Nc3ccccc3)=C(C)N=c3s/c(=C/c4cc([N+](=O)[O-])ccc4O)c(=O)n32)cc1. The summed E-state index contributed by atoms with van der Waals surface area (Å²) >= 11 is 1.06. The van der Waals surface area contributed by atoms with Crippen LogP contribution in [0.3, 0.4) is 0 Å². The van der Waals surface area contributed by atoms with E-state index in [4.69, 9.17) is 4.74 Å². The fourth-order valence-electron chi connectivity index (χ4n) is 4.35. The quantitative estimate of drug-likeness (QED) is 0.283. The zero-order valence-corrected chi connectivity index (χ0v) is 21.6. The molecule has 0 bridgehead atoms. The first-order valence-electron chi connectivity index (χ1n) is 11.8. The summed E-state index contributed by atoms with van der Waals surface area (Å²) in [5.74, 6) is -0.00517. The molecule has 0 spiro atoms. The molecular formula is C28H22N4O6S. The minimum absolute atomic E-state index is 0.119. The average Bonchev–Trinajstić information content (AvgIpc) is 3.23. The number of rotatable bonds is 6. The molecule has 0 radical (unpaired) electrons. The first kappa shape index (κ1) is 25.6. The maximum Gasteiger partial charge on any atom is 0.271 e. The molecule has 0 aliphatic carbocycles. The minimum Gasteiger partial charge on any atom is -0.507 e. The third-order valence-corrected chi connectivity index (χ3v) is 7.22. The van der Waals surface area contributed by atoms with Gasteiger partial charge >= 0.3 is 0 Å². The number of para-hydroxylation sites is 1. The lowest BCUT2D eigenvalue weighted by Gasteiger charge is -2.25. The fraction of sp³-hybridized carbons (Fsp3) is 0.107. The molecule has 11 heteroatoms. The largest absolute Gasteiger partial charge is 0.507 e. The second kappa shape index (κ2) is 10.4. The Morgan fingerprint density at radius 3 is 2.54 bits per heavy atom. The van der Waals surface area contributed by atoms with Crippen molar-refractivity contribution in [3.63, 3.8) is 0 Å². The first-order chi connectivity index (χ1) is 18.8. The topological polar surface area (TPSA) is 136 Å². The summed E-state index contributed by atoms with van der Waals surface area (Å²) in [5.41, 5.74) is 1.43. The van der Waals surface area contributed by atoms with Crippen LogP contribution < -0.4 is 24.9 Å². The van der Waals surface area contributed by atoms with Crippen molar-refractivity contribution in [3.8, 4) is 11.5 Å². The van der Waals surface area contributed by atoms with Crippen molar-refractivity contribution < 1.29 is 19.6 Å². The van der Waals surface area contributed by atoms with Crippen LogP contribution in [-0.4, -0.2) is 27.6 Å². The number of hydrogen-bond acceptors (Lipinski definition) is 8. The van der Waals surface area contributed by atoms with Crippen molar-refractivity contribution in [2.45, 2.75) is 13.0 Å². The van der Waals surface area contributed by atoms with Gasteiger partial charge in [0.15, 0.2) is 4.80 Å². The van der Waals surface area contributed by atoms with Gasteiger partial charge in [-0.2, -0.15) is 0 Å². The number of phenols is 1. The summed E-state index contributed by atoms with van der Waals surface area (Å²) in [5, 5.41) is 24.4. The van der Waals surface area contributed by atoms with E-state index in [0.717, 1.165) is 11.3 Å². The maximum absolute atomic E-state index is 13.8. The number of ether oxygens (including phenoxy) is 1. The number of nitrogens with zero attached hydrogens (tertiary/aromatic N) is 3. The molecule has 0 saturated heterocycles. The van der Waals surface area contributed by atoms with Crippen LogP contribution in [0, 0.1) is 10.1 Å². The molecule has 196 valence electrons. The second-order valence-corrected chi connectivity index (χ2v) is 9.68. The molecule has 1 aromatic heterocycles. The molecule has 1 amide bonds. The molecule has 0 fully saturated rings. The Morgan fingerprint density at radius 1 is 1.15 bits per heavy atom. The van der Waals surface area contributed by atoms with E-state index in [-0.39, 0.29) is 21.5 Å². The van der Waals surface area contributed by atoms with E-state index in [1.54, 1.807) is 62.6 Å². The summed E-state index contributed by atoms with van der Waals surface area (Å²) in [7, 11) is 1.55. The highest BCUT2D eigenvalue weighted by Crippen LogP contribution is 2.32. The number of carbonyl (C=O) groups excluding carboxylic acids is 1. The van der Waals surface area contributed by atoms with Gasteiger partial charge in [-0.3, -0.25) is 24.3 Å². The van der Waals surface area contributed by atoms with Crippen LogP contribution >= 0.6 is 11.3 Å². The van der Waals surface area contributed by atoms with Crippen molar-refractivity contribution in [3.05, 3.63) is 125 Å². The van der Waals surface area contributed by atoms with Gasteiger partial charge in [0.25, 0.3) is 17.2 Å². The number of non-ortho nitro benzene ring substituents is 1. The number of hydrogen-bond donors (Lipinski definition) is 2. The van der Waals surface area contributed by atoms with E-state index in [0.29, 0.717) is 33.1 Å². The Bertz CT molecular complexity index is 1810. The van der Waals surface area contributed by atoms with E-state index in [2.05, 4.69) is 10.3 Å². The number of carbonyl (C=O) groups is 1. The summed E-state index contributed by atoms with van der Waals surface area (Å²) < 4.78 is 6.90. The fourth-order valence-corrected chi connectivity index (χ4v) is 5.38. The number of benzene rings is 3.